The summed E-state index contributed by atoms with van der Waals surface area (Å²) in [5, 5.41) is -0.153. The van der Waals surface area contributed by atoms with Crippen molar-refractivity contribution < 1.29 is 13.8 Å². The van der Waals surface area contributed by atoms with Crippen LogP contribution in [-0.2, 0) is 20.4 Å². The molecule has 2 saturated heterocycles. The Labute approximate surface area is 66.0 Å². The molecule has 2 heterocycles. The lowest BCUT2D eigenvalue weighted by Gasteiger charge is -2.41. The van der Waals surface area contributed by atoms with Crippen molar-refractivity contribution in [2.24, 2.45) is 0 Å². The maximum absolute atomic E-state index is 11.1. The summed E-state index contributed by atoms with van der Waals surface area (Å²) in [5.41, 5.74) is 0. The molecule has 0 saturated carbocycles. The standard InChI is InChI=1S/C6H7NO3S/c8-4-2-7-5(9)1-6(7)11(10)3-4/h6H,1-3H2/t6-,11?/m1/s1. The molecule has 2 rings (SSSR count). The van der Waals surface area contributed by atoms with E-state index in [1.807, 2.05) is 0 Å². The van der Waals surface area contributed by atoms with Crippen LogP contribution in [0.4, 0.5) is 0 Å². The van der Waals surface area contributed by atoms with Gasteiger partial charge in [0.25, 0.3) is 0 Å². The lowest BCUT2D eigenvalue weighted by molar-refractivity contribution is -0.145. The Bertz CT molecular complexity index is 263. The van der Waals surface area contributed by atoms with E-state index in [9.17, 15) is 13.8 Å². The number of carbonyl (C=O) groups excluding carboxylic acids is 2. The molecule has 1 amide bonds. The van der Waals surface area contributed by atoms with Crippen LogP contribution < -0.4 is 0 Å². The first-order valence-electron chi connectivity index (χ1n) is 3.37. The van der Waals surface area contributed by atoms with Gasteiger partial charge < -0.3 is 4.90 Å². The van der Waals surface area contributed by atoms with E-state index < -0.39 is 10.8 Å². The highest BCUT2D eigenvalue weighted by molar-refractivity contribution is 7.86. The van der Waals surface area contributed by atoms with Gasteiger partial charge >= 0.3 is 0 Å². The van der Waals surface area contributed by atoms with Gasteiger partial charge in [-0.15, -0.1) is 0 Å². The van der Waals surface area contributed by atoms with Crippen molar-refractivity contribution in [2.45, 2.75) is 11.8 Å². The fourth-order valence-corrected chi connectivity index (χ4v) is 2.75. The number of rotatable bonds is 0. The molecule has 5 heteroatoms. The normalized spacial score (nSPS) is 36.5. The number of nitrogens with zero attached hydrogens (tertiary/aromatic N) is 1. The Morgan fingerprint density at radius 3 is 2.82 bits per heavy atom. The van der Waals surface area contributed by atoms with Crippen LogP contribution in [0.2, 0.25) is 0 Å². The van der Waals surface area contributed by atoms with Crippen molar-refractivity contribution in [1.29, 1.82) is 0 Å². The van der Waals surface area contributed by atoms with Gasteiger partial charge in [-0.05, 0) is 0 Å². The number of carbonyl (C=O) groups is 2. The summed E-state index contributed by atoms with van der Waals surface area (Å²) >= 11 is 0. The SMILES string of the molecule is O=C1CN2C(=O)C[C@H]2S(=O)C1. The Hall–Kier alpha value is -0.710. The van der Waals surface area contributed by atoms with Crippen LogP contribution in [0.15, 0.2) is 0 Å². The first kappa shape index (κ1) is 6.97. The van der Waals surface area contributed by atoms with Crippen molar-refractivity contribution in [1.82, 2.24) is 4.90 Å². The van der Waals surface area contributed by atoms with Crippen LogP contribution in [0.5, 0.6) is 0 Å². The number of hydrogen-bond acceptors (Lipinski definition) is 3. The topological polar surface area (TPSA) is 54.5 Å². The highest BCUT2D eigenvalue weighted by Crippen LogP contribution is 2.25. The van der Waals surface area contributed by atoms with Crippen LogP contribution in [0, 0.1) is 0 Å². The van der Waals surface area contributed by atoms with Gasteiger partial charge in [0.2, 0.25) is 5.91 Å². The van der Waals surface area contributed by atoms with E-state index in [-0.39, 0.29) is 29.4 Å². The average molecular weight is 173 g/mol. The van der Waals surface area contributed by atoms with Gasteiger partial charge in [-0.1, -0.05) is 0 Å². The summed E-state index contributed by atoms with van der Waals surface area (Å²) < 4.78 is 11.1. The molecule has 4 nitrogen and oxygen atoms in total. The van der Waals surface area contributed by atoms with Gasteiger partial charge in [0.1, 0.15) is 5.37 Å². The molecule has 1 unspecified atom stereocenters. The van der Waals surface area contributed by atoms with E-state index in [4.69, 9.17) is 0 Å². The van der Waals surface area contributed by atoms with Crippen LogP contribution >= 0.6 is 0 Å². The smallest absolute Gasteiger partial charge is 0.227 e. The quantitative estimate of drug-likeness (QED) is 0.436. The second-order valence-electron chi connectivity index (χ2n) is 2.74. The number of β-lactam (4-membered cyclic amide) rings is 1. The van der Waals surface area contributed by atoms with Crippen LogP contribution in [0.1, 0.15) is 6.42 Å². The van der Waals surface area contributed by atoms with Crippen molar-refractivity contribution in [3.63, 3.8) is 0 Å². The van der Waals surface area contributed by atoms with E-state index in [0.717, 1.165) is 0 Å². The summed E-state index contributed by atoms with van der Waals surface area (Å²) in [6.07, 6.45) is 0.361. The molecule has 0 bridgehead atoms. The molecule has 2 fully saturated rings. The number of Topliss-reactive ketones (excluding diaryl/α,β-unsaturated/α-hetero) is 1. The Kier molecular flexibility index (Phi) is 1.35. The Morgan fingerprint density at radius 1 is 1.45 bits per heavy atom. The molecule has 60 valence electrons. The lowest BCUT2D eigenvalue weighted by Crippen LogP contribution is -2.60. The van der Waals surface area contributed by atoms with Crippen molar-refractivity contribution in [2.75, 3.05) is 12.3 Å². The molecule has 0 N–H and O–H groups in total. The highest BCUT2D eigenvalue weighted by atomic mass is 32.2. The van der Waals surface area contributed by atoms with Gasteiger partial charge in [-0.3, -0.25) is 13.8 Å². The predicted octanol–water partition coefficient (Wildman–Crippen LogP) is -1.12. The molecule has 0 radical (unpaired) electrons. The number of amides is 1. The van der Waals surface area contributed by atoms with E-state index in [1.54, 1.807) is 0 Å². The zero-order chi connectivity index (χ0) is 8.01. The first-order valence-corrected chi connectivity index (χ1v) is 4.75. The second kappa shape index (κ2) is 2.14. The third-order valence-corrected chi connectivity index (χ3v) is 3.61. The monoisotopic (exact) mass is 173 g/mol. The molecular weight excluding hydrogens is 166 g/mol. The summed E-state index contributed by atoms with van der Waals surface area (Å²) in [6.45, 7) is 0.176. The summed E-state index contributed by atoms with van der Waals surface area (Å²) in [4.78, 5) is 23.0. The van der Waals surface area contributed by atoms with E-state index in [1.165, 1.54) is 4.90 Å². The largest absolute Gasteiger partial charge is 0.320 e. The van der Waals surface area contributed by atoms with Gasteiger partial charge in [-0.25, -0.2) is 0 Å². The number of fused-ring (bicyclic) bond motifs is 1. The summed E-state index contributed by atoms with van der Waals surface area (Å²) in [5.74, 6) is -0.00177. The Morgan fingerprint density at radius 2 is 2.18 bits per heavy atom. The van der Waals surface area contributed by atoms with E-state index in [0.29, 0.717) is 6.42 Å². The molecule has 0 aromatic carbocycles. The van der Waals surface area contributed by atoms with E-state index in [2.05, 4.69) is 0 Å². The molecule has 0 spiro atoms. The summed E-state index contributed by atoms with van der Waals surface area (Å²) in [6, 6.07) is 0. The Balaban J connectivity index is 2.19. The highest BCUT2D eigenvalue weighted by Gasteiger charge is 2.44. The minimum absolute atomic E-state index is 0.0450. The molecule has 0 aromatic heterocycles. The second-order valence-corrected chi connectivity index (χ2v) is 4.34. The molecule has 2 aliphatic rings. The van der Waals surface area contributed by atoms with Crippen LogP contribution in [-0.4, -0.2) is 38.5 Å². The maximum Gasteiger partial charge on any atom is 0.227 e. The molecule has 11 heavy (non-hydrogen) atoms. The number of hydrogen-bond donors (Lipinski definition) is 0. The minimum atomic E-state index is -1.12. The number of ketones is 1. The lowest BCUT2D eigenvalue weighted by atomic mass is 10.2. The van der Waals surface area contributed by atoms with Crippen LogP contribution in [0.25, 0.3) is 0 Å². The third-order valence-electron chi connectivity index (χ3n) is 1.97. The minimum Gasteiger partial charge on any atom is -0.320 e. The maximum atomic E-state index is 11.1. The first-order chi connectivity index (χ1) is 5.18. The molecule has 2 aliphatic heterocycles. The average Bonchev–Trinajstić information content (AvgIpc) is 1.93. The van der Waals surface area contributed by atoms with Crippen LogP contribution in [0.3, 0.4) is 0 Å². The molecule has 0 aromatic rings. The van der Waals surface area contributed by atoms with E-state index >= 15 is 0 Å². The summed E-state index contributed by atoms with van der Waals surface area (Å²) in [7, 11) is -1.12. The van der Waals surface area contributed by atoms with Crippen molar-refractivity contribution in [3.05, 3.63) is 0 Å². The predicted molar refractivity (Wildman–Crippen MR) is 38.1 cm³/mol. The molecular formula is C6H7NO3S. The van der Waals surface area contributed by atoms with Gasteiger partial charge in [0.05, 0.1) is 29.5 Å². The zero-order valence-electron chi connectivity index (χ0n) is 5.78. The van der Waals surface area contributed by atoms with Gasteiger partial charge in [0, 0.05) is 0 Å². The molecule has 0 aliphatic carbocycles. The third kappa shape index (κ3) is 0.910. The van der Waals surface area contributed by atoms with Crippen molar-refractivity contribution >= 4 is 22.5 Å². The molecule has 2 atom stereocenters. The zero-order valence-corrected chi connectivity index (χ0v) is 6.60. The fourth-order valence-electron chi connectivity index (χ4n) is 1.34. The van der Waals surface area contributed by atoms with Crippen molar-refractivity contribution in [3.8, 4) is 0 Å². The fraction of sp³-hybridized carbons (Fsp3) is 0.667. The van der Waals surface area contributed by atoms with Gasteiger partial charge in [-0.2, -0.15) is 0 Å². The van der Waals surface area contributed by atoms with Gasteiger partial charge in [0.15, 0.2) is 5.78 Å².